The van der Waals surface area contributed by atoms with Crippen molar-refractivity contribution in [3.8, 4) is 0 Å². The molecule has 0 unspecified atom stereocenters. The van der Waals surface area contributed by atoms with Gasteiger partial charge in [-0.25, -0.2) is 4.98 Å². The summed E-state index contributed by atoms with van der Waals surface area (Å²) in [6.45, 7) is 7.26. The predicted molar refractivity (Wildman–Crippen MR) is 72.5 cm³/mol. The summed E-state index contributed by atoms with van der Waals surface area (Å²) in [6, 6.07) is 0. The number of thioether (sulfide) groups is 1. The second-order valence-corrected chi connectivity index (χ2v) is 6.52. The van der Waals surface area contributed by atoms with E-state index >= 15 is 0 Å². The Hall–Kier alpha value is -0.550. The Bertz CT molecular complexity index is 396. The van der Waals surface area contributed by atoms with Crippen LogP contribution in [0, 0.1) is 6.92 Å². The van der Waals surface area contributed by atoms with Crippen LogP contribution in [-0.4, -0.2) is 28.0 Å². The summed E-state index contributed by atoms with van der Waals surface area (Å²) >= 11 is 3.54. The largest absolute Gasteiger partial charge is 0.359 e. The molecule has 0 bridgehead atoms. The molecular formula is C11H17N3S2. The van der Waals surface area contributed by atoms with Crippen LogP contribution in [0.3, 0.4) is 0 Å². The maximum atomic E-state index is 4.56. The summed E-state index contributed by atoms with van der Waals surface area (Å²) in [6.07, 6.45) is 0.949. The number of hydrogen-bond donors (Lipinski definition) is 1. The summed E-state index contributed by atoms with van der Waals surface area (Å²) in [5.74, 6) is 1.10. The van der Waals surface area contributed by atoms with Crippen LogP contribution in [0.15, 0.2) is 10.4 Å². The number of nitrogens with one attached hydrogen (secondary N) is 1. The van der Waals surface area contributed by atoms with Crippen LogP contribution >= 0.6 is 23.1 Å². The highest BCUT2D eigenvalue weighted by Crippen LogP contribution is 2.22. The molecule has 3 nitrogen and oxygen atoms in total. The SMILES string of the molecule is Cc1csc(CCN=C2NC(C)(C)CS2)n1. The Morgan fingerprint density at radius 1 is 1.56 bits per heavy atom. The first kappa shape index (κ1) is 11.9. The molecule has 0 aromatic carbocycles. The molecule has 0 saturated carbocycles. The molecule has 1 fully saturated rings. The van der Waals surface area contributed by atoms with Crippen molar-refractivity contribution >= 4 is 28.3 Å². The summed E-state index contributed by atoms with van der Waals surface area (Å²) in [4.78, 5) is 8.98. The van der Waals surface area contributed by atoms with Gasteiger partial charge in [0.25, 0.3) is 0 Å². The monoisotopic (exact) mass is 255 g/mol. The predicted octanol–water partition coefficient (Wildman–Crippen LogP) is 2.47. The van der Waals surface area contributed by atoms with E-state index in [0.29, 0.717) is 0 Å². The van der Waals surface area contributed by atoms with Crippen LogP contribution in [0.5, 0.6) is 0 Å². The fraction of sp³-hybridized carbons (Fsp3) is 0.636. The lowest BCUT2D eigenvalue weighted by molar-refractivity contribution is 0.536. The van der Waals surface area contributed by atoms with Crippen molar-refractivity contribution in [2.75, 3.05) is 12.3 Å². The van der Waals surface area contributed by atoms with Crippen LogP contribution in [-0.2, 0) is 6.42 Å². The lowest BCUT2D eigenvalue weighted by atomic mass is 10.1. The molecule has 0 radical (unpaired) electrons. The number of aliphatic imine (C=N–C) groups is 1. The van der Waals surface area contributed by atoms with E-state index in [1.54, 1.807) is 11.3 Å². The third kappa shape index (κ3) is 3.22. The van der Waals surface area contributed by atoms with E-state index in [4.69, 9.17) is 0 Å². The fourth-order valence-corrected chi connectivity index (χ4v) is 3.33. The first-order chi connectivity index (χ1) is 7.55. The molecule has 16 heavy (non-hydrogen) atoms. The van der Waals surface area contributed by atoms with Crippen molar-refractivity contribution in [3.63, 3.8) is 0 Å². The van der Waals surface area contributed by atoms with Crippen LogP contribution < -0.4 is 5.32 Å². The minimum atomic E-state index is 0.196. The van der Waals surface area contributed by atoms with Gasteiger partial charge in [0, 0.05) is 35.3 Å². The molecule has 0 amide bonds. The maximum absolute atomic E-state index is 4.56. The van der Waals surface area contributed by atoms with E-state index in [2.05, 4.69) is 34.5 Å². The van der Waals surface area contributed by atoms with Gasteiger partial charge in [-0.3, -0.25) is 4.99 Å². The molecule has 2 rings (SSSR count). The minimum absolute atomic E-state index is 0.196. The summed E-state index contributed by atoms with van der Waals surface area (Å²) in [5, 5.41) is 7.78. The van der Waals surface area contributed by atoms with Gasteiger partial charge in [-0.15, -0.1) is 11.3 Å². The van der Waals surface area contributed by atoms with Crippen molar-refractivity contribution in [2.45, 2.75) is 32.7 Å². The maximum Gasteiger partial charge on any atom is 0.157 e. The highest BCUT2D eigenvalue weighted by atomic mass is 32.2. The van der Waals surface area contributed by atoms with Gasteiger partial charge < -0.3 is 5.32 Å². The average Bonchev–Trinajstić information content (AvgIpc) is 2.73. The van der Waals surface area contributed by atoms with Crippen molar-refractivity contribution in [2.24, 2.45) is 4.99 Å². The van der Waals surface area contributed by atoms with Gasteiger partial charge in [-0.05, 0) is 20.8 Å². The summed E-state index contributed by atoms with van der Waals surface area (Å²) in [5.41, 5.74) is 1.31. The minimum Gasteiger partial charge on any atom is -0.359 e. The Balaban J connectivity index is 1.82. The number of aromatic nitrogens is 1. The molecule has 5 heteroatoms. The van der Waals surface area contributed by atoms with E-state index in [0.717, 1.165) is 29.6 Å². The first-order valence-electron chi connectivity index (χ1n) is 5.42. The zero-order valence-electron chi connectivity index (χ0n) is 9.91. The second-order valence-electron chi connectivity index (χ2n) is 4.62. The first-order valence-corrected chi connectivity index (χ1v) is 7.28. The van der Waals surface area contributed by atoms with Crippen molar-refractivity contribution in [3.05, 3.63) is 16.1 Å². The Morgan fingerprint density at radius 2 is 2.38 bits per heavy atom. The summed E-state index contributed by atoms with van der Waals surface area (Å²) in [7, 11) is 0. The van der Waals surface area contributed by atoms with Crippen molar-refractivity contribution in [1.29, 1.82) is 0 Å². The van der Waals surface area contributed by atoms with Gasteiger partial charge in [0.2, 0.25) is 0 Å². The Labute approximate surface area is 105 Å². The van der Waals surface area contributed by atoms with Gasteiger partial charge in [0.15, 0.2) is 5.17 Å². The van der Waals surface area contributed by atoms with Gasteiger partial charge in [0.1, 0.15) is 0 Å². The van der Waals surface area contributed by atoms with Crippen molar-refractivity contribution in [1.82, 2.24) is 10.3 Å². The zero-order chi connectivity index (χ0) is 11.6. The van der Waals surface area contributed by atoms with E-state index < -0.39 is 0 Å². The average molecular weight is 255 g/mol. The number of thiazole rings is 1. The lowest BCUT2D eigenvalue weighted by Crippen LogP contribution is -2.36. The van der Waals surface area contributed by atoms with Crippen LogP contribution in [0.2, 0.25) is 0 Å². The van der Waals surface area contributed by atoms with E-state index in [1.807, 2.05) is 18.7 Å². The molecule has 1 saturated heterocycles. The van der Waals surface area contributed by atoms with Gasteiger partial charge in [-0.1, -0.05) is 11.8 Å². The van der Waals surface area contributed by atoms with E-state index in [1.165, 1.54) is 5.01 Å². The molecule has 0 spiro atoms. The third-order valence-electron chi connectivity index (χ3n) is 2.26. The number of rotatable bonds is 3. The van der Waals surface area contributed by atoms with Crippen molar-refractivity contribution < 1.29 is 0 Å². The molecule has 1 aromatic rings. The number of nitrogens with zero attached hydrogens (tertiary/aromatic N) is 2. The highest BCUT2D eigenvalue weighted by Gasteiger charge is 2.26. The molecular weight excluding hydrogens is 238 g/mol. The third-order valence-corrected chi connectivity index (χ3v) is 4.66. The molecule has 88 valence electrons. The Kier molecular flexibility index (Phi) is 3.54. The zero-order valence-corrected chi connectivity index (χ0v) is 11.5. The Morgan fingerprint density at radius 3 is 2.94 bits per heavy atom. The molecule has 2 heterocycles. The fourth-order valence-electron chi connectivity index (χ4n) is 1.47. The van der Waals surface area contributed by atoms with Crippen LogP contribution in [0.1, 0.15) is 24.5 Å². The normalized spacial score (nSPS) is 21.3. The van der Waals surface area contributed by atoms with Gasteiger partial charge in [-0.2, -0.15) is 0 Å². The molecule has 1 aliphatic rings. The van der Waals surface area contributed by atoms with Gasteiger partial charge in [0.05, 0.1) is 5.01 Å². The number of hydrogen-bond acceptors (Lipinski definition) is 4. The standard InChI is InChI=1S/C11H17N3S2/c1-8-6-15-9(13-8)4-5-12-10-14-11(2,3)7-16-10/h6H,4-5,7H2,1-3H3,(H,12,14). The molecule has 1 N–H and O–H groups in total. The van der Waals surface area contributed by atoms with E-state index in [9.17, 15) is 0 Å². The highest BCUT2D eigenvalue weighted by molar-refractivity contribution is 8.14. The topological polar surface area (TPSA) is 37.3 Å². The van der Waals surface area contributed by atoms with Crippen LogP contribution in [0.25, 0.3) is 0 Å². The molecule has 1 aliphatic heterocycles. The van der Waals surface area contributed by atoms with Crippen LogP contribution in [0.4, 0.5) is 0 Å². The van der Waals surface area contributed by atoms with Gasteiger partial charge >= 0.3 is 0 Å². The summed E-state index contributed by atoms with van der Waals surface area (Å²) < 4.78 is 0. The molecule has 0 atom stereocenters. The number of amidine groups is 1. The smallest absolute Gasteiger partial charge is 0.157 e. The van der Waals surface area contributed by atoms with E-state index in [-0.39, 0.29) is 5.54 Å². The second kappa shape index (κ2) is 4.75. The lowest BCUT2D eigenvalue weighted by Gasteiger charge is -2.15. The molecule has 1 aromatic heterocycles. The molecule has 0 aliphatic carbocycles. The quantitative estimate of drug-likeness (QED) is 0.901. The number of aryl methyl sites for hydroxylation is 1.